The third-order valence-corrected chi connectivity index (χ3v) is 4.68. The van der Waals surface area contributed by atoms with E-state index in [4.69, 9.17) is 11.6 Å². The zero-order valence-electron chi connectivity index (χ0n) is 14.9. The van der Waals surface area contributed by atoms with E-state index in [2.05, 4.69) is 6.92 Å². The molecule has 0 fully saturated rings. The standard InChI is InChI=1S/C21H26ClNO2/c1-3-5-11-19(20(24)16-12-14-17(22)15-13-16)21(25)23(4-2)18-9-7-6-8-10-18/h6-10,12-15,19-20,24H,3-5,11H2,1-2H3/t19-,20-/m0/s1. The summed E-state index contributed by atoms with van der Waals surface area (Å²) < 4.78 is 0. The molecule has 2 aromatic carbocycles. The van der Waals surface area contributed by atoms with Gasteiger partial charge in [0.15, 0.2) is 0 Å². The number of amides is 1. The Balaban J connectivity index is 2.28. The summed E-state index contributed by atoms with van der Waals surface area (Å²) in [5.41, 5.74) is 1.59. The van der Waals surface area contributed by atoms with Crippen LogP contribution in [-0.4, -0.2) is 17.6 Å². The van der Waals surface area contributed by atoms with Crippen LogP contribution in [0.15, 0.2) is 54.6 Å². The number of nitrogens with zero attached hydrogens (tertiary/aromatic N) is 1. The van der Waals surface area contributed by atoms with E-state index in [-0.39, 0.29) is 5.91 Å². The van der Waals surface area contributed by atoms with Crippen LogP contribution in [-0.2, 0) is 4.79 Å². The lowest BCUT2D eigenvalue weighted by Gasteiger charge is -2.29. The summed E-state index contributed by atoms with van der Waals surface area (Å²) in [5.74, 6) is -0.508. The molecule has 2 aromatic rings. The number of carbonyl (C=O) groups is 1. The van der Waals surface area contributed by atoms with E-state index in [1.165, 1.54) is 0 Å². The van der Waals surface area contributed by atoms with Crippen LogP contribution in [0.3, 0.4) is 0 Å². The predicted octanol–water partition coefficient (Wildman–Crippen LogP) is 5.23. The first-order chi connectivity index (χ1) is 12.1. The summed E-state index contributed by atoms with van der Waals surface area (Å²) in [4.78, 5) is 15.0. The van der Waals surface area contributed by atoms with Gasteiger partial charge in [-0.1, -0.05) is 61.7 Å². The van der Waals surface area contributed by atoms with Gasteiger partial charge in [-0.3, -0.25) is 4.79 Å². The van der Waals surface area contributed by atoms with Crippen LogP contribution in [0.5, 0.6) is 0 Å². The van der Waals surface area contributed by atoms with Crippen molar-refractivity contribution in [2.75, 3.05) is 11.4 Å². The fourth-order valence-electron chi connectivity index (χ4n) is 3.01. The van der Waals surface area contributed by atoms with Crippen LogP contribution < -0.4 is 4.90 Å². The van der Waals surface area contributed by atoms with Gasteiger partial charge in [-0.05, 0) is 43.2 Å². The molecule has 3 nitrogen and oxygen atoms in total. The molecule has 0 saturated heterocycles. The number of benzene rings is 2. The molecule has 0 aromatic heterocycles. The number of para-hydroxylation sites is 1. The minimum absolute atomic E-state index is 0.0374. The maximum atomic E-state index is 13.2. The first-order valence-corrected chi connectivity index (χ1v) is 9.26. The number of hydrogen-bond acceptors (Lipinski definition) is 2. The number of carbonyl (C=O) groups excluding carboxylic acids is 1. The third kappa shape index (κ3) is 5.07. The van der Waals surface area contributed by atoms with E-state index in [0.717, 1.165) is 24.1 Å². The van der Waals surface area contributed by atoms with Gasteiger partial charge in [0.1, 0.15) is 0 Å². The maximum Gasteiger partial charge on any atom is 0.233 e. The lowest BCUT2D eigenvalue weighted by molar-refractivity contribution is -0.126. The van der Waals surface area contributed by atoms with E-state index in [1.807, 2.05) is 37.3 Å². The molecule has 0 aliphatic rings. The van der Waals surface area contributed by atoms with E-state index in [0.29, 0.717) is 18.0 Å². The van der Waals surface area contributed by atoms with Gasteiger partial charge in [0.2, 0.25) is 5.91 Å². The number of aliphatic hydroxyl groups is 1. The van der Waals surface area contributed by atoms with Crippen molar-refractivity contribution in [3.63, 3.8) is 0 Å². The minimum Gasteiger partial charge on any atom is -0.388 e. The number of rotatable bonds is 8. The highest BCUT2D eigenvalue weighted by atomic mass is 35.5. The number of halogens is 1. The predicted molar refractivity (Wildman–Crippen MR) is 104 cm³/mol. The molecule has 1 amide bonds. The molecular formula is C21H26ClNO2. The van der Waals surface area contributed by atoms with Gasteiger partial charge in [-0.2, -0.15) is 0 Å². The smallest absolute Gasteiger partial charge is 0.233 e. The number of anilines is 1. The Hall–Kier alpha value is -1.84. The highest BCUT2D eigenvalue weighted by Gasteiger charge is 2.31. The molecule has 0 saturated carbocycles. The number of aliphatic hydroxyl groups excluding tert-OH is 1. The van der Waals surface area contributed by atoms with Crippen molar-refractivity contribution in [2.24, 2.45) is 5.92 Å². The summed E-state index contributed by atoms with van der Waals surface area (Å²) in [5, 5.41) is 11.5. The molecule has 2 rings (SSSR count). The summed E-state index contributed by atoms with van der Waals surface area (Å²) >= 11 is 5.94. The largest absolute Gasteiger partial charge is 0.388 e. The molecule has 0 radical (unpaired) electrons. The highest BCUT2D eigenvalue weighted by Crippen LogP contribution is 2.30. The van der Waals surface area contributed by atoms with Crippen molar-refractivity contribution in [3.8, 4) is 0 Å². The van der Waals surface area contributed by atoms with E-state index in [1.54, 1.807) is 29.2 Å². The summed E-state index contributed by atoms with van der Waals surface area (Å²) in [7, 11) is 0. The zero-order chi connectivity index (χ0) is 18.2. The molecule has 25 heavy (non-hydrogen) atoms. The summed E-state index contributed by atoms with van der Waals surface area (Å²) in [6, 6.07) is 16.7. The Labute approximate surface area is 155 Å². The maximum absolute atomic E-state index is 13.2. The number of hydrogen-bond donors (Lipinski definition) is 1. The second kappa shape index (κ2) is 9.59. The molecule has 0 heterocycles. The Morgan fingerprint density at radius 2 is 1.72 bits per heavy atom. The Bertz CT molecular complexity index is 657. The van der Waals surface area contributed by atoms with Gasteiger partial charge in [0.25, 0.3) is 0 Å². The van der Waals surface area contributed by atoms with Crippen molar-refractivity contribution in [1.29, 1.82) is 0 Å². The lowest BCUT2D eigenvalue weighted by atomic mass is 9.89. The quantitative estimate of drug-likeness (QED) is 0.700. The molecule has 0 aliphatic carbocycles. The molecule has 0 bridgehead atoms. The van der Waals surface area contributed by atoms with Crippen molar-refractivity contribution in [1.82, 2.24) is 0 Å². The summed E-state index contributed by atoms with van der Waals surface area (Å²) in [6.07, 6.45) is 1.69. The molecule has 4 heteroatoms. The highest BCUT2D eigenvalue weighted by molar-refractivity contribution is 6.30. The molecule has 0 aliphatic heterocycles. The van der Waals surface area contributed by atoms with Gasteiger partial charge in [0, 0.05) is 17.3 Å². The summed E-state index contributed by atoms with van der Waals surface area (Å²) in [6.45, 7) is 4.61. The van der Waals surface area contributed by atoms with Crippen LogP contribution in [0.25, 0.3) is 0 Å². The second-order valence-corrected chi connectivity index (χ2v) is 6.60. The topological polar surface area (TPSA) is 40.5 Å². The third-order valence-electron chi connectivity index (χ3n) is 4.43. The minimum atomic E-state index is -0.839. The van der Waals surface area contributed by atoms with Crippen LogP contribution in [0.4, 0.5) is 5.69 Å². The number of unbranched alkanes of at least 4 members (excludes halogenated alkanes) is 1. The fourth-order valence-corrected chi connectivity index (χ4v) is 3.13. The Kier molecular flexibility index (Phi) is 7.48. The first-order valence-electron chi connectivity index (χ1n) is 8.88. The average Bonchev–Trinajstić information content (AvgIpc) is 2.64. The van der Waals surface area contributed by atoms with Crippen LogP contribution in [0, 0.1) is 5.92 Å². The van der Waals surface area contributed by atoms with Gasteiger partial charge >= 0.3 is 0 Å². The SMILES string of the molecule is CCCC[C@H](C(=O)N(CC)c1ccccc1)[C@@H](O)c1ccc(Cl)cc1. The van der Waals surface area contributed by atoms with Crippen molar-refractivity contribution in [3.05, 3.63) is 65.2 Å². The average molecular weight is 360 g/mol. The van der Waals surface area contributed by atoms with Gasteiger partial charge in [0.05, 0.1) is 12.0 Å². The van der Waals surface area contributed by atoms with Crippen LogP contribution in [0.1, 0.15) is 44.8 Å². The van der Waals surface area contributed by atoms with Gasteiger partial charge in [-0.25, -0.2) is 0 Å². The normalized spacial score (nSPS) is 13.3. The fraction of sp³-hybridized carbons (Fsp3) is 0.381. The molecule has 2 atom stereocenters. The second-order valence-electron chi connectivity index (χ2n) is 6.16. The molecule has 134 valence electrons. The van der Waals surface area contributed by atoms with Gasteiger partial charge in [-0.15, -0.1) is 0 Å². The Morgan fingerprint density at radius 3 is 2.28 bits per heavy atom. The molecular weight excluding hydrogens is 334 g/mol. The van der Waals surface area contributed by atoms with E-state index >= 15 is 0 Å². The van der Waals surface area contributed by atoms with Crippen LogP contribution in [0.2, 0.25) is 5.02 Å². The molecule has 0 spiro atoms. The molecule has 0 unspecified atom stereocenters. The van der Waals surface area contributed by atoms with Crippen molar-refractivity contribution < 1.29 is 9.90 Å². The monoisotopic (exact) mass is 359 g/mol. The van der Waals surface area contributed by atoms with E-state index in [9.17, 15) is 9.90 Å². The zero-order valence-corrected chi connectivity index (χ0v) is 15.6. The van der Waals surface area contributed by atoms with E-state index < -0.39 is 12.0 Å². The van der Waals surface area contributed by atoms with Gasteiger partial charge < -0.3 is 10.0 Å². The van der Waals surface area contributed by atoms with Crippen molar-refractivity contribution >= 4 is 23.2 Å². The Morgan fingerprint density at radius 1 is 1.08 bits per heavy atom. The lowest BCUT2D eigenvalue weighted by Crippen LogP contribution is -2.38. The van der Waals surface area contributed by atoms with Crippen LogP contribution >= 0.6 is 11.6 Å². The molecule has 1 N–H and O–H groups in total. The first kappa shape index (κ1) is 19.5. The van der Waals surface area contributed by atoms with Crippen molar-refractivity contribution in [2.45, 2.75) is 39.2 Å².